The van der Waals surface area contributed by atoms with E-state index >= 15 is 0 Å². The average Bonchev–Trinajstić information content (AvgIpc) is 2.65. The van der Waals surface area contributed by atoms with Crippen molar-refractivity contribution in [3.63, 3.8) is 0 Å². The number of carboxylic acids is 1. The molecular weight excluding hydrogens is 337 g/mol. The highest BCUT2D eigenvalue weighted by Gasteiger charge is 2.43. The number of ketones is 1. The summed E-state index contributed by atoms with van der Waals surface area (Å²) >= 11 is 0. The molecule has 0 amide bonds. The van der Waals surface area contributed by atoms with E-state index in [0.717, 1.165) is 16.7 Å². The summed E-state index contributed by atoms with van der Waals surface area (Å²) in [4.78, 5) is 23.9. The van der Waals surface area contributed by atoms with Gasteiger partial charge in [-0.05, 0) is 30.0 Å². The maximum Gasteiger partial charge on any atom is 0.319 e. The van der Waals surface area contributed by atoms with Crippen molar-refractivity contribution in [1.29, 1.82) is 0 Å². The van der Waals surface area contributed by atoms with Crippen molar-refractivity contribution in [1.82, 2.24) is 5.09 Å². The van der Waals surface area contributed by atoms with E-state index in [-0.39, 0.29) is 0 Å². The van der Waals surface area contributed by atoms with Gasteiger partial charge in [-0.15, -0.1) is 0 Å². The van der Waals surface area contributed by atoms with Gasteiger partial charge in [-0.3, -0.25) is 14.7 Å². The number of hydrogen-bond acceptors (Lipinski definition) is 4. The molecule has 0 aromatic heterocycles. The molecule has 0 fully saturated rings. The van der Waals surface area contributed by atoms with E-state index in [9.17, 15) is 19.8 Å². The maximum absolute atomic E-state index is 12.5. The molecule has 6 heteroatoms. The van der Waals surface area contributed by atoms with Crippen LogP contribution < -0.4 is 5.09 Å². The third-order valence-electron chi connectivity index (χ3n) is 4.35. The molecule has 25 heavy (non-hydrogen) atoms. The first kappa shape index (κ1) is 19.3. The van der Waals surface area contributed by atoms with Gasteiger partial charge >= 0.3 is 5.97 Å². The molecule has 2 aromatic rings. The molecule has 0 aliphatic heterocycles. The second-order valence-corrected chi connectivity index (χ2v) is 6.48. The normalized spacial score (nSPS) is 14.5. The van der Waals surface area contributed by atoms with E-state index in [2.05, 4.69) is 14.5 Å². The minimum Gasteiger partial charge on any atom is -0.480 e. The predicted molar refractivity (Wildman–Crippen MR) is 100 cm³/mol. The summed E-state index contributed by atoms with van der Waals surface area (Å²) in [6.45, 7) is 0.502. The van der Waals surface area contributed by atoms with Gasteiger partial charge in [0.15, 0.2) is 5.78 Å². The molecule has 0 aliphatic rings. The standard InChI is InChI=1S/C19H22NO4P/c1-19(12-21,18(23)24)17(22)16(20-25)11-13-7-9-15(10-8-13)14-5-3-2-4-6-14/h2-10,16,20-21H,11-12,25H2,1H3,(H,23,24)/t16-,19-/m1/s1. The van der Waals surface area contributed by atoms with E-state index in [1.807, 2.05) is 54.6 Å². The van der Waals surface area contributed by atoms with Crippen LogP contribution in [0.25, 0.3) is 11.1 Å². The SMILES string of the molecule is C[C@](CO)(C(=O)O)C(=O)[C@@H](Cc1ccc(-c2ccccc2)cc1)NP. The zero-order valence-corrected chi connectivity index (χ0v) is 15.1. The second kappa shape index (κ2) is 8.34. The van der Waals surface area contributed by atoms with Gasteiger partial charge in [0.1, 0.15) is 5.41 Å². The van der Waals surface area contributed by atoms with Crippen LogP contribution in [-0.2, 0) is 16.0 Å². The Labute approximate surface area is 149 Å². The summed E-state index contributed by atoms with van der Waals surface area (Å²) in [7, 11) is 2.25. The smallest absolute Gasteiger partial charge is 0.319 e. The molecule has 0 bridgehead atoms. The number of aliphatic carboxylic acids is 1. The van der Waals surface area contributed by atoms with Gasteiger partial charge in [0.05, 0.1) is 12.6 Å². The largest absolute Gasteiger partial charge is 0.480 e. The molecule has 0 radical (unpaired) electrons. The van der Waals surface area contributed by atoms with Gasteiger partial charge in [-0.1, -0.05) is 64.0 Å². The van der Waals surface area contributed by atoms with Crippen molar-refractivity contribution in [2.75, 3.05) is 6.61 Å². The van der Waals surface area contributed by atoms with E-state index < -0.39 is 29.8 Å². The van der Waals surface area contributed by atoms with Crippen LogP contribution in [0.3, 0.4) is 0 Å². The Kier molecular flexibility index (Phi) is 6.43. The highest BCUT2D eigenvalue weighted by Crippen LogP contribution is 2.23. The second-order valence-electron chi connectivity index (χ2n) is 6.15. The van der Waals surface area contributed by atoms with Crippen molar-refractivity contribution < 1.29 is 19.8 Å². The van der Waals surface area contributed by atoms with Crippen molar-refractivity contribution in [2.24, 2.45) is 5.41 Å². The quantitative estimate of drug-likeness (QED) is 0.497. The predicted octanol–water partition coefficient (Wildman–Crippen LogP) is 2.30. The number of Topliss-reactive ketones (excluding diaryl/α,β-unsaturated/α-hetero) is 1. The Morgan fingerprint density at radius 3 is 2.12 bits per heavy atom. The Bertz CT molecular complexity index is 733. The van der Waals surface area contributed by atoms with E-state index in [4.69, 9.17) is 0 Å². The number of rotatable bonds is 8. The molecule has 2 aromatic carbocycles. The Balaban J connectivity index is 2.16. The van der Waals surface area contributed by atoms with Crippen LogP contribution in [0.4, 0.5) is 0 Å². The zero-order valence-electron chi connectivity index (χ0n) is 14.0. The number of benzene rings is 2. The highest BCUT2D eigenvalue weighted by molar-refractivity contribution is 7.13. The van der Waals surface area contributed by atoms with Crippen LogP contribution in [-0.4, -0.2) is 34.6 Å². The summed E-state index contributed by atoms with van der Waals surface area (Å²) in [5.74, 6) is -1.88. The first-order valence-electron chi connectivity index (χ1n) is 7.91. The van der Waals surface area contributed by atoms with Gasteiger partial charge in [-0.25, -0.2) is 0 Å². The Hall–Kier alpha value is -2.07. The van der Waals surface area contributed by atoms with E-state index in [1.54, 1.807) is 0 Å². The summed E-state index contributed by atoms with van der Waals surface area (Å²) in [5, 5.41) is 21.4. The summed E-state index contributed by atoms with van der Waals surface area (Å²) in [5.41, 5.74) is 1.25. The average molecular weight is 359 g/mol. The number of carbonyl (C=O) groups is 2. The minimum atomic E-state index is -1.82. The topological polar surface area (TPSA) is 86.6 Å². The third kappa shape index (κ3) is 4.31. The monoisotopic (exact) mass is 359 g/mol. The van der Waals surface area contributed by atoms with E-state index in [0.29, 0.717) is 6.42 Å². The Morgan fingerprint density at radius 1 is 1.08 bits per heavy atom. The molecule has 0 saturated carbocycles. The summed E-state index contributed by atoms with van der Waals surface area (Å²) < 4.78 is 0. The fourth-order valence-corrected chi connectivity index (χ4v) is 2.83. The van der Waals surface area contributed by atoms with Crippen LogP contribution in [0.15, 0.2) is 54.6 Å². The number of aliphatic hydroxyl groups excluding tert-OH is 1. The molecule has 132 valence electrons. The minimum absolute atomic E-state index is 0.334. The van der Waals surface area contributed by atoms with Gasteiger partial charge in [0.25, 0.3) is 0 Å². The molecule has 0 heterocycles. The van der Waals surface area contributed by atoms with Crippen LogP contribution in [0.5, 0.6) is 0 Å². The summed E-state index contributed by atoms with van der Waals surface area (Å²) in [6.07, 6.45) is 0.334. The summed E-state index contributed by atoms with van der Waals surface area (Å²) in [6, 6.07) is 17.0. The van der Waals surface area contributed by atoms with Gasteiger partial charge in [-0.2, -0.15) is 0 Å². The first-order chi connectivity index (χ1) is 11.9. The van der Waals surface area contributed by atoms with E-state index in [1.165, 1.54) is 6.92 Å². The lowest BCUT2D eigenvalue weighted by atomic mass is 9.81. The molecular formula is C19H22NO4P. The van der Waals surface area contributed by atoms with Crippen LogP contribution in [0.1, 0.15) is 12.5 Å². The molecule has 3 N–H and O–H groups in total. The fourth-order valence-electron chi connectivity index (χ4n) is 2.56. The van der Waals surface area contributed by atoms with Crippen molar-refractivity contribution in [2.45, 2.75) is 19.4 Å². The number of nitrogens with one attached hydrogen (secondary N) is 1. The lowest BCUT2D eigenvalue weighted by Gasteiger charge is -2.26. The molecule has 5 nitrogen and oxygen atoms in total. The molecule has 0 aliphatic carbocycles. The zero-order chi connectivity index (χ0) is 18.4. The van der Waals surface area contributed by atoms with Gasteiger partial charge < -0.3 is 10.2 Å². The van der Waals surface area contributed by atoms with Crippen LogP contribution >= 0.6 is 9.39 Å². The van der Waals surface area contributed by atoms with Crippen molar-refractivity contribution >= 4 is 21.1 Å². The fraction of sp³-hybridized carbons (Fsp3) is 0.263. The molecule has 0 saturated heterocycles. The van der Waals surface area contributed by atoms with Crippen molar-refractivity contribution in [3.8, 4) is 11.1 Å². The van der Waals surface area contributed by atoms with Crippen LogP contribution in [0.2, 0.25) is 0 Å². The maximum atomic E-state index is 12.5. The highest BCUT2D eigenvalue weighted by atomic mass is 31.0. The Morgan fingerprint density at radius 2 is 1.64 bits per heavy atom. The number of carbonyl (C=O) groups excluding carboxylic acids is 1. The van der Waals surface area contributed by atoms with Gasteiger partial charge in [0, 0.05) is 0 Å². The number of aliphatic hydroxyl groups is 1. The molecule has 0 spiro atoms. The lowest BCUT2D eigenvalue weighted by Crippen LogP contribution is -2.49. The first-order valence-corrected chi connectivity index (χ1v) is 8.49. The van der Waals surface area contributed by atoms with Crippen molar-refractivity contribution in [3.05, 3.63) is 60.2 Å². The molecule has 3 atom stereocenters. The molecule has 1 unspecified atom stereocenters. The number of carboxylic acid groups (broad SMARTS) is 1. The lowest BCUT2D eigenvalue weighted by molar-refractivity contribution is -0.157. The third-order valence-corrected chi connectivity index (χ3v) is 4.75. The van der Waals surface area contributed by atoms with Crippen LogP contribution in [0, 0.1) is 5.41 Å². The van der Waals surface area contributed by atoms with Gasteiger partial charge in [0.2, 0.25) is 0 Å². The molecule has 2 rings (SSSR count). The number of hydrogen-bond donors (Lipinski definition) is 3.